The number of para-hydroxylation sites is 1. The monoisotopic (exact) mass is 809 g/mol. The van der Waals surface area contributed by atoms with E-state index in [0.717, 1.165) is 81.1 Å². The predicted octanol–water partition coefficient (Wildman–Crippen LogP) is 14.7. The third-order valence-corrected chi connectivity index (χ3v) is 13.1. The maximum Gasteiger partial charge on any atom is 0.164 e. The van der Waals surface area contributed by atoms with Crippen LogP contribution >= 0.6 is 11.3 Å². The number of benzene rings is 9. The molecule has 0 fully saturated rings. The fraction of sp³-hybridized carbons (Fsp3) is 0. The molecule has 4 heterocycles. The molecule has 0 aliphatic rings. The summed E-state index contributed by atoms with van der Waals surface area (Å²) in [6.07, 6.45) is 0. The highest BCUT2D eigenvalue weighted by Gasteiger charge is 2.23. The molecule has 0 unspecified atom stereocenters. The van der Waals surface area contributed by atoms with E-state index in [2.05, 4.69) is 127 Å². The van der Waals surface area contributed by atoms with E-state index in [0.29, 0.717) is 23.3 Å². The summed E-state index contributed by atoms with van der Waals surface area (Å²) in [6.45, 7) is 0. The van der Waals surface area contributed by atoms with Gasteiger partial charge in [0.15, 0.2) is 23.3 Å². The Labute approximate surface area is 358 Å². The number of hydrogen-bond donors (Lipinski definition) is 0. The minimum atomic E-state index is 0.566. The third kappa shape index (κ3) is 5.39. The van der Waals surface area contributed by atoms with Gasteiger partial charge in [-0.1, -0.05) is 164 Å². The van der Waals surface area contributed by atoms with Gasteiger partial charge in [-0.05, 0) is 56.6 Å². The number of nitrogens with zero attached hydrogens (tertiary/aromatic N) is 5. The molecule has 0 aliphatic heterocycles. The zero-order valence-corrected chi connectivity index (χ0v) is 33.8. The summed E-state index contributed by atoms with van der Waals surface area (Å²) < 4.78 is 9.08. The normalized spacial score (nSPS) is 11.9. The first-order valence-corrected chi connectivity index (χ1v) is 21.4. The van der Waals surface area contributed by atoms with Crippen LogP contribution in [0, 0.1) is 0 Å². The van der Waals surface area contributed by atoms with Crippen LogP contribution in [0.5, 0.6) is 0 Å². The standard InChI is InChI=1S/C55H31N5OS/c1-3-15-32(16-4-1)52-56-48-40-23-11-12-28-46(40)62-51(48)49(57-52)43-26-13-24-41-47-42(25-14-27-45(47)61-50(41)43)55-59-53(33-17-5-2-6-18-33)58-54(60-55)34-29-30-39-37-21-8-7-19-35(37)36-20-9-10-22-38(36)44(39)31-34/h1-31H. The van der Waals surface area contributed by atoms with E-state index in [1.807, 2.05) is 60.7 Å². The molecule has 0 aliphatic carbocycles. The quantitative estimate of drug-likeness (QED) is 0.161. The van der Waals surface area contributed by atoms with E-state index in [9.17, 15) is 0 Å². The summed E-state index contributed by atoms with van der Waals surface area (Å²) in [5, 5.41) is 10.2. The van der Waals surface area contributed by atoms with Crippen LogP contribution in [-0.2, 0) is 0 Å². The summed E-state index contributed by atoms with van der Waals surface area (Å²) in [7, 11) is 0. The zero-order chi connectivity index (χ0) is 40.7. The molecule has 0 spiro atoms. The Kier molecular flexibility index (Phi) is 7.67. The van der Waals surface area contributed by atoms with Crippen molar-refractivity contribution in [3.05, 3.63) is 188 Å². The van der Waals surface area contributed by atoms with Crippen LogP contribution in [0.4, 0.5) is 0 Å². The topological polar surface area (TPSA) is 77.6 Å². The molecule has 0 amide bonds. The van der Waals surface area contributed by atoms with E-state index in [1.54, 1.807) is 11.3 Å². The molecule has 0 saturated carbocycles. The van der Waals surface area contributed by atoms with Crippen LogP contribution in [0.25, 0.3) is 131 Å². The molecule has 0 N–H and O–H groups in total. The van der Waals surface area contributed by atoms with E-state index < -0.39 is 0 Å². The first-order valence-electron chi connectivity index (χ1n) is 20.6. The Hall–Kier alpha value is -8.13. The maximum absolute atomic E-state index is 6.90. The van der Waals surface area contributed by atoms with Crippen molar-refractivity contribution < 1.29 is 4.42 Å². The highest BCUT2D eigenvalue weighted by atomic mass is 32.1. The number of fused-ring (bicyclic) bond motifs is 12. The molecule has 13 aromatic rings. The van der Waals surface area contributed by atoms with Crippen LogP contribution in [0.3, 0.4) is 0 Å². The van der Waals surface area contributed by atoms with Gasteiger partial charge in [0, 0.05) is 48.7 Å². The SMILES string of the molecule is c1ccc(-c2nc(-c3ccc4c5ccccc5c5ccccc5c4c3)nc(-c3cccc4oc5c(-c6nc(-c7ccccc7)nc7c6sc6ccccc67)cccc5c34)n2)cc1. The number of aromatic nitrogens is 5. The minimum Gasteiger partial charge on any atom is -0.455 e. The number of furan rings is 1. The van der Waals surface area contributed by atoms with Gasteiger partial charge in [-0.3, -0.25) is 0 Å². The van der Waals surface area contributed by atoms with E-state index >= 15 is 0 Å². The second kappa shape index (κ2) is 13.7. The summed E-state index contributed by atoms with van der Waals surface area (Å²) in [4.78, 5) is 26.1. The minimum absolute atomic E-state index is 0.566. The Morgan fingerprint density at radius 3 is 1.60 bits per heavy atom. The first kappa shape index (κ1) is 34.7. The molecular formula is C55H31N5OS. The zero-order valence-electron chi connectivity index (χ0n) is 33.0. The molecule has 7 heteroatoms. The van der Waals surface area contributed by atoms with Crippen molar-refractivity contribution in [3.8, 4) is 56.8 Å². The molecule has 9 aromatic carbocycles. The lowest BCUT2D eigenvalue weighted by atomic mass is 9.93. The highest BCUT2D eigenvalue weighted by Crippen LogP contribution is 2.45. The number of hydrogen-bond acceptors (Lipinski definition) is 7. The fourth-order valence-corrected chi connectivity index (χ4v) is 10.2. The summed E-state index contributed by atoms with van der Waals surface area (Å²) in [5.41, 5.74) is 7.80. The predicted molar refractivity (Wildman–Crippen MR) is 255 cm³/mol. The Morgan fingerprint density at radius 2 is 0.887 bits per heavy atom. The molecule has 13 rings (SSSR count). The van der Waals surface area contributed by atoms with Gasteiger partial charge < -0.3 is 4.42 Å². The molecule has 62 heavy (non-hydrogen) atoms. The van der Waals surface area contributed by atoms with Crippen LogP contribution in [0.15, 0.2) is 192 Å². The average Bonchev–Trinajstić information content (AvgIpc) is 3.93. The first-order chi connectivity index (χ1) is 30.7. The highest BCUT2D eigenvalue weighted by molar-refractivity contribution is 7.26. The van der Waals surface area contributed by atoms with Crippen molar-refractivity contribution in [1.29, 1.82) is 0 Å². The van der Waals surface area contributed by atoms with Crippen molar-refractivity contribution in [2.75, 3.05) is 0 Å². The number of thiophene rings is 1. The molecule has 0 atom stereocenters. The maximum atomic E-state index is 6.90. The van der Waals surface area contributed by atoms with Gasteiger partial charge in [-0.25, -0.2) is 24.9 Å². The van der Waals surface area contributed by atoms with Crippen molar-refractivity contribution in [3.63, 3.8) is 0 Å². The largest absolute Gasteiger partial charge is 0.455 e. The van der Waals surface area contributed by atoms with Crippen LogP contribution < -0.4 is 0 Å². The average molecular weight is 810 g/mol. The van der Waals surface area contributed by atoms with Gasteiger partial charge in [0.2, 0.25) is 0 Å². The lowest BCUT2D eigenvalue weighted by Crippen LogP contribution is -2.00. The fourth-order valence-electron chi connectivity index (χ4n) is 9.10. The van der Waals surface area contributed by atoms with Gasteiger partial charge >= 0.3 is 0 Å². The molecule has 6 nitrogen and oxygen atoms in total. The summed E-state index contributed by atoms with van der Waals surface area (Å²) >= 11 is 1.71. The van der Waals surface area contributed by atoms with Crippen molar-refractivity contribution in [2.45, 2.75) is 0 Å². The molecule has 0 radical (unpaired) electrons. The Morgan fingerprint density at radius 1 is 0.355 bits per heavy atom. The molecular weight excluding hydrogens is 779 g/mol. The van der Waals surface area contributed by atoms with E-state index in [-0.39, 0.29) is 0 Å². The van der Waals surface area contributed by atoms with Crippen LogP contribution in [-0.4, -0.2) is 24.9 Å². The lowest BCUT2D eigenvalue weighted by molar-refractivity contribution is 0.670. The van der Waals surface area contributed by atoms with Crippen LogP contribution in [0.2, 0.25) is 0 Å². The van der Waals surface area contributed by atoms with Crippen molar-refractivity contribution in [1.82, 2.24) is 24.9 Å². The summed E-state index contributed by atoms with van der Waals surface area (Å²) in [6, 6.07) is 65.0. The van der Waals surface area contributed by atoms with E-state index in [1.165, 1.54) is 26.9 Å². The molecule has 0 saturated heterocycles. The van der Waals surface area contributed by atoms with Crippen molar-refractivity contribution in [2.24, 2.45) is 0 Å². The Bertz CT molecular complexity index is 3900. The second-order valence-electron chi connectivity index (χ2n) is 15.5. The third-order valence-electron chi connectivity index (χ3n) is 11.9. The Balaban J connectivity index is 1.04. The lowest BCUT2D eigenvalue weighted by Gasteiger charge is -2.13. The number of rotatable bonds is 5. The van der Waals surface area contributed by atoms with Gasteiger partial charge in [0.1, 0.15) is 11.2 Å². The van der Waals surface area contributed by atoms with E-state index in [4.69, 9.17) is 29.3 Å². The van der Waals surface area contributed by atoms with Crippen molar-refractivity contribution >= 4 is 85.9 Å². The summed E-state index contributed by atoms with van der Waals surface area (Å²) in [5.74, 6) is 2.43. The second-order valence-corrected chi connectivity index (χ2v) is 16.6. The molecule has 288 valence electrons. The van der Waals surface area contributed by atoms with Gasteiger partial charge in [0.25, 0.3) is 0 Å². The molecule has 4 aromatic heterocycles. The van der Waals surface area contributed by atoms with Gasteiger partial charge in [0.05, 0.1) is 15.9 Å². The van der Waals surface area contributed by atoms with Gasteiger partial charge in [-0.15, -0.1) is 11.3 Å². The van der Waals surface area contributed by atoms with Gasteiger partial charge in [-0.2, -0.15) is 0 Å². The smallest absolute Gasteiger partial charge is 0.164 e. The van der Waals surface area contributed by atoms with Crippen LogP contribution in [0.1, 0.15) is 0 Å². The molecule has 0 bridgehead atoms.